The molecule has 11 heavy (non-hydrogen) atoms. The highest BCUT2D eigenvalue weighted by molar-refractivity contribution is 4.91. The maximum absolute atomic E-state index is 9.81. The van der Waals surface area contributed by atoms with Crippen molar-refractivity contribution in [1.82, 2.24) is 0 Å². The van der Waals surface area contributed by atoms with Gasteiger partial charge in [-0.2, -0.15) is 0 Å². The second-order valence-corrected chi connectivity index (χ2v) is 4.19. The molecule has 0 aromatic rings. The fourth-order valence-corrected chi connectivity index (χ4v) is 2.15. The summed E-state index contributed by atoms with van der Waals surface area (Å²) in [5.41, 5.74) is -0.255. The first kappa shape index (κ1) is 9.05. The van der Waals surface area contributed by atoms with Crippen molar-refractivity contribution < 1.29 is 5.11 Å². The van der Waals surface area contributed by atoms with Crippen molar-refractivity contribution in [3.8, 4) is 0 Å². The smallest absolute Gasteiger partial charge is 0.0653 e. The Morgan fingerprint density at radius 2 is 2.00 bits per heavy atom. The Kier molecular flexibility index (Phi) is 2.94. The molecular weight excluding hydrogens is 136 g/mol. The minimum absolute atomic E-state index is 0.255. The van der Waals surface area contributed by atoms with Crippen LogP contribution >= 0.6 is 0 Å². The molecule has 0 bridgehead atoms. The molecule has 0 aromatic heterocycles. The van der Waals surface area contributed by atoms with Gasteiger partial charge in [0.15, 0.2) is 0 Å². The largest absolute Gasteiger partial charge is 0.390 e. The number of hydrogen-bond donors (Lipinski definition) is 1. The number of rotatable bonds is 4. The summed E-state index contributed by atoms with van der Waals surface area (Å²) < 4.78 is 0. The van der Waals surface area contributed by atoms with Gasteiger partial charge < -0.3 is 5.11 Å². The first-order valence-corrected chi connectivity index (χ1v) is 4.89. The fraction of sp³-hybridized carbons (Fsp3) is 1.00. The Bertz CT molecular complexity index is 114. The molecule has 0 atom stereocenters. The van der Waals surface area contributed by atoms with E-state index in [1.165, 1.54) is 19.3 Å². The van der Waals surface area contributed by atoms with Gasteiger partial charge in [-0.3, -0.25) is 0 Å². The molecule has 0 spiro atoms. The van der Waals surface area contributed by atoms with Crippen LogP contribution in [0.15, 0.2) is 0 Å². The van der Waals surface area contributed by atoms with Crippen LogP contribution in [0.4, 0.5) is 0 Å². The van der Waals surface area contributed by atoms with Gasteiger partial charge in [-0.05, 0) is 25.2 Å². The lowest BCUT2D eigenvalue weighted by Crippen LogP contribution is -2.42. The number of aliphatic hydroxyl groups is 1. The lowest BCUT2D eigenvalue weighted by atomic mass is 9.69. The molecule has 1 saturated carbocycles. The molecule has 0 heterocycles. The van der Waals surface area contributed by atoms with Gasteiger partial charge in [0.1, 0.15) is 0 Å². The van der Waals surface area contributed by atoms with Crippen molar-refractivity contribution in [3.05, 3.63) is 0 Å². The summed E-state index contributed by atoms with van der Waals surface area (Å²) in [6.45, 7) is 4.42. The van der Waals surface area contributed by atoms with E-state index < -0.39 is 0 Å². The van der Waals surface area contributed by atoms with Crippen LogP contribution < -0.4 is 0 Å². The molecule has 0 amide bonds. The molecule has 0 saturated heterocycles. The van der Waals surface area contributed by atoms with Crippen molar-refractivity contribution in [2.75, 3.05) is 0 Å². The molecule has 0 aliphatic heterocycles. The summed E-state index contributed by atoms with van der Waals surface area (Å²) in [7, 11) is 0. The zero-order chi connectivity index (χ0) is 8.32. The van der Waals surface area contributed by atoms with Gasteiger partial charge in [0, 0.05) is 0 Å². The Morgan fingerprint density at radius 1 is 1.36 bits per heavy atom. The van der Waals surface area contributed by atoms with E-state index in [0.29, 0.717) is 0 Å². The second kappa shape index (κ2) is 3.57. The first-order valence-electron chi connectivity index (χ1n) is 4.89. The quantitative estimate of drug-likeness (QED) is 0.620. The summed E-state index contributed by atoms with van der Waals surface area (Å²) in [5, 5.41) is 9.81. The summed E-state index contributed by atoms with van der Waals surface area (Å²) >= 11 is 0. The number of hydrogen-bond acceptors (Lipinski definition) is 1. The molecule has 0 unspecified atom stereocenters. The monoisotopic (exact) mass is 156 g/mol. The predicted molar refractivity (Wildman–Crippen MR) is 47.5 cm³/mol. The minimum Gasteiger partial charge on any atom is -0.390 e. The average molecular weight is 156 g/mol. The molecule has 1 N–H and O–H groups in total. The van der Waals surface area contributed by atoms with Gasteiger partial charge in [-0.25, -0.2) is 0 Å². The van der Waals surface area contributed by atoms with Gasteiger partial charge in [-0.15, -0.1) is 0 Å². The Balaban J connectivity index is 2.07. The molecule has 1 heteroatoms. The molecule has 0 radical (unpaired) electrons. The highest BCUT2D eigenvalue weighted by atomic mass is 16.3. The van der Waals surface area contributed by atoms with Gasteiger partial charge in [0.2, 0.25) is 0 Å². The van der Waals surface area contributed by atoms with E-state index in [4.69, 9.17) is 0 Å². The normalized spacial score (nSPS) is 36.8. The highest BCUT2D eigenvalue weighted by Crippen LogP contribution is 2.40. The van der Waals surface area contributed by atoms with E-state index in [-0.39, 0.29) is 5.60 Å². The van der Waals surface area contributed by atoms with Crippen LogP contribution in [0.25, 0.3) is 0 Å². The Morgan fingerprint density at radius 3 is 2.45 bits per heavy atom. The lowest BCUT2D eigenvalue weighted by molar-refractivity contribution is -0.0750. The van der Waals surface area contributed by atoms with Crippen LogP contribution in [0.5, 0.6) is 0 Å². The summed E-state index contributed by atoms with van der Waals surface area (Å²) in [4.78, 5) is 0. The second-order valence-electron chi connectivity index (χ2n) is 4.19. The third-order valence-electron chi connectivity index (χ3n) is 2.70. The van der Waals surface area contributed by atoms with Gasteiger partial charge in [0.25, 0.3) is 0 Å². The maximum Gasteiger partial charge on any atom is 0.0653 e. The molecule has 0 aromatic carbocycles. The van der Waals surface area contributed by atoms with E-state index in [9.17, 15) is 5.11 Å². The van der Waals surface area contributed by atoms with E-state index in [0.717, 1.165) is 25.2 Å². The van der Waals surface area contributed by atoms with Crippen molar-refractivity contribution in [2.24, 2.45) is 5.92 Å². The molecule has 1 nitrogen and oxygen atoms in total. The van der Waals surface area contributed by atoms with Crippen molar-refractivity contribution in [2.45, 2.75) is 58.0 Å². The molecule has 1 aliphatic rings. The molecule has 1 aliphatic carbocycles. The van der Waals surface area contributed by atoms with Crippen molar-refractivity contribution in [1.29, 1.82) is 0 Å². The highest BCUT2D eigenvalue weighted by Gasteiger charge is 2.38. The summed E-state index contributed by atoms with van der Waals surface area (Å²) in [6, 6.07) is 0. The molecule has 1 fully saturated rings. The first-order chi connectivity index (χ1) is 5.16. The van der Waals surface area contributed by atoms with E-state index in [1.807, 2.05) is 0 Å². The van der Waals surface area contributed by atoms with Crippen LogP contribution in [0, 0.1) is 5.92 Å². The predicted octanol–water partition coefficient (Wildman–Crippen LogP) is 2.73. The third kappa shape index (κ3) is 2.48. The zero-order valence-corrected chi connectivity index (χ0v) is 7.77. The Labute approximate surface area is 69.8 Å². The van der Waals surface area contributed by atoms with Crippen molar-refractivity contribution >= 4 is 0 Å². The van der Waals surface area contributed by atoms with Crippen LogP contribution in [0.3, 0.4) is 0 Å². The SMILES string of the molecule is CCCCCC1(O)CC(C)C1. The fourth-order valence-electron chi connectivity index (χ4n) is 2.15. The third-order valence-corrected chi connectivity index (χ3v) is 2.70. The van der Waals surface area contributed by atoms with Gasteiger partial charge in [0.05, 0.1) is 5.60 Å². The lowest BCUT2D eigenvalue weighted by Gasteiger charge is -2.42. The Hall–Kier alpha value is -0.0400. The number of unbranched alkanes of at least 4 members (excludes halogenated alkanes) is 2. The maximum atomic E-state index is 9.81. The molecular formula is C10H20O. The van der Waals surface area contributed by atoms with E-state index in [1.54, 1.807) is 0 Å². The molecule has 1 rings (SSSR count). The van der Waals surface area contributed by atoms with Crippen LogP contribution in [-0.4, -0.2) is 10.7 Å². The zero-order valence-electron chi connectivity index (χ0n) is 7.77. The van der Waals surface area contributed by atoms with Gasteiger partial charge >= 0.3 is 0 Å². The summed E-state index contributed by atoms with van der Waals surface area (Å²) in [6.07, 6.45) is 6.85. The average Bonchev–Trinajstić information content (AvgIpc) is 1.85. The molecule has 66 valence electrons. The van der Waals surface area contributed by atoms with Crippen LogP contribution in [-0.2, 0) is 0 Å². The standard InChI is InChI=1S/C10H20O/c1-3-4-5-6-10(11)7-9(2)8-10/h9,11H,3-8H2,1-2H3. The van der Waals surface area contributed by atoms with Crippen LogP contribution in [0.1, 0.15) is 52.4 Å². The summed E-state index contributed by atoms with van der Waals surface area (Å²) in [5.74, 6) is 0.765. The minimum atomic E-state index is -0.255. The van der Waals surface area contributed by atoms with E-state index in [2.05, 4.69) is 13.8 Å². The van der Waals surface area contributed by atoms with Gasteiger partial charge in [-0.1, -0.05) is 33.1 Å². The van der Waals surface area contributed by atoms with Crippen molar-refractivity contribution in [3.63, 3.8) is 0 Å². The van der Waals surface area contributed by atoms with E-state index >= 15 is 0 Å². The topological polar surface area (TPSA) is 20.2 Å². The van der Waals surface area contributed by atoms with Crippen LogP contribution in [0.2, 0.25) is 0 Å².